The van der Waals surface area contributed by atoms with Gasteiger partial charge in [-0.25, -0.2) is 0 Å². The van der Waals surface area contributed by atoms with Crippen LogP contribution in [0, 0.1) is 5.92 Å². The largest absolute Gasteiger partial charge is 0.390 e. The monoisotopic (exact) mass is 406 g/mol. The average Bonchev–Trinajstić information content (AvgIpc) is 2.78. The van der Waals surface area contributed by atoms with Gasteiger partial charge in [0.05, 0.1) is 6.10 Å². The van der Waals surface area contributed by atoms with Crippen LogP contribution in [0.5, 0.6) is 0 Å². The summed E-state index contributed by atoms with van der Waals surface area (Å²) in [7, 11) is 0. The van der Waals surface area contributed by atoms with E-state index >= 15 is 0 Å². The molecule has 1 aliphatic carbocycles. The van der Waals surface area contributed by atoms with Crippen molar-refractivity contribution in [1.29, 1.82) is 0 Å². The number of Topliss-reactive ketones (excluding diaryl/α,β-unsaturated/α-hetero) is 1. The zero-order valence-corrected chi connectivity index (χ0v) is 17.9. The first kappa shape index (κ1) is 21.1. The van der Waals surface area contributed by atoms with Crippen LogP contribution in [0.15, 0.2) is 48.5 Å². The van der Waals surface area contributed by atoms with Crippen molar-refractivity contribution in [2.75, 3.05) is 25.0 Å². The molecule has 4 rings (SSSR count). The summed E-state index contributed by atoms with van der Waals surface area (Å²) in [6.45, 7) is 3.03. The highest BCUT2D eigenvalue weighted by Crippen LogP contribution is 2.28. The van der Waals surface area contributed by atoms with Crippen LogP contribution in [0.25, 0.3) is 0 Å². The summed E-state index contributed by atoms with van der Waals surface area (Å²) in [6, 6.07) is 16.3. The number of fused-ring (bicyclic) bond motifs is 1. The first-order chi connectivity index (χ1) is 14.7. The Morgan fingerprint density at radius 3 is 2.70 bits per heavy atom. The molecule has 0 spiro atoms. The van der Waals surface area contributed by atoms with Crippen LogP contribution in [0.3, 0.4) is 0 Å². The highest BCUT2D eigenvalue weighted by molar-refractivity contribution is 5.97. The molecule has 4 nitrogen and oxygen atoms in total. The van der Waals surface area contributed by atoms with Gasteiger partial charge in [0, 0.05) is 43.9 Å². The topological polar surface area (TPSA) is 52.6 Å². The molecule has 2 aromatic carbocycles. The molecular formula is C26H34N2O2. The SMILES string of the molecule is O=C(CC1CCCCC1)c1cccc(NCC(O)CN2CCc3ccccc3C2)c1. The maximum atomic E-state index is 12.7. The number of aliphatic hydroxyl groups excluding tert-OH is 1. The quantitative estimate of drug-likeness (QED) is 0.626. The van der Waals surface area contributed by atoms with Gasteiger partial charge in [0.15, 0.2) is 5.78 Å². The van der Waals surface area contributed by atoms with E-state index in [-0.39, 0.29) is 5.78 Å². The summed E-state index contributed by atoms with van der Waals surface area (Å²) in [6.07, 6.45) is 7.49. The highest BCUT2D eigenvalue weighted by atomic mass is 16.3. The molecule has 1 fully saturated rings. The van der Waals surface area contributed by atoms with E-state index in [9.17, 15) is 9.90 Å². The Labute approximate surface area is 180 Å². The first-order valence-corrected chi connectivity index (χ1v) is 11.5. The second-order valence-electron chi connectivity index (χ2n) is 9.00. The summed E-state index contributed by atoms with van der Waals surface area (Å²) >= 11 is 0. The van der Waals surface area contributed by atoms with Gasteiger partial charge in [-0.05, 0) is 35.6 Å². The van der Waals surface area contributed by atoms with Crippen molar-refractivity contribution in [3.8, 4) is 0 Å². The van der Waals surface area contributed by atoms with Gasteiger partial charge in [-0.1, -0.05) is 68.5 Å². The summed E-state index contributed by atoms with van der Waals surface area (Å²) in [5, 5.41) is 13.9. The maximum Gasteiger partial charge on any atom is 0.163 e. The number of aliphatic hydroxyl groups is 1. The normalized spacial score (nSPS) is 18.6. The Balaban J connectivity index is 1.25. The van der Waals surface area contributed by atoms with Crippen molar-refractivity contribution in [1.82, 2.24) is 4.90 Å². The summed E-state index contributed by atoms with van der Waals surface area (Å²) < 4.78 is 0. The minimum absolute atomic E-state index is 0.248. The molecule has 2 aliphatic rings. The van der Waals surface area contributed by atoms with E-state index in [4.69, 9.17) is 0 Å². The van der Waals surface area contributed by atoms with Gasteiger partial charge < -0.3 is 10.4 Å². The van der Waals surface area contributed by atoms with Crippen LogP contribution in [-0.2, 0) is 13.0 Å². The molecule has 0 bridgehead atoms. The van der Waals surface area contributed by atoms with Crippen LogP contribution >= 0.6 is 0 Å². The van der Waals surface area contributed by atoms with Crippen LogP contribution in [-0.4, -0.2) is 41.5 Å². The van der Waals surface area contributed by atoms with Crippen LogP contribution in [0.1, 0.15) is 60.0 Å². The summed E-state index contributed by atoms with van der Waals surface area (Å²) in [4.78, 5) is 15.0. The third kappa shape index (κ3) is 5.71. The fraction of sp³-hybridized carbons (Fsp3) is 0.500. The fourth-order valence-electron chi connectivity index (χ4n) is 4.88. The Morgan fingerprint density at radius 1 is 1.07 bits per heavy atom. The van der Waals surface area contributed by atoms with Gasteiger partial charge in [-0.3, -0.25) is 9.69 Å². The Kier molecular flexibility index (Phi) is 7.19. The predicted octanol–water partition coefficient (Wildman–Crippen LogP) is 4.67. The standard InChI is InChI=1S/C26H34N2O2/c29-25(19-28-14-13-21-9-4-5-10-23(21)18-28)17-27-24-12-6-11-22(16-24)26(30)15-20-7-2-1-3-8-20/h4-6,9-12,16,20,25,27,29H,1-3,7-8,13-15,17-19H2. The molecule has 1 atom stereocenters. The lowest BCUT2D eigenvalue weighted by Crippen LogP contribution is -2.39. The molecule has 0 radical (unpaired) electrons. The molecule has 0 aromatic heterocycles. The Hall–Kier alpha value is -2.17. The van der Waals surface area contributed by atoms with Crippen molar-refractivity contribution >= 4 is 11.5 Å². The molecule has 2 N–H and O–H groups in total. The third-order valence-electron chi connectivity index (χ3n) is 6.60. The number of anilines is 1. The molecule has 1 unspecified atom stereocenters. The minimum atomic E-state index is -0.447. The molecule has 4 heteroatoms. The molecule has 0 amide bonds. The van der Waals surface area contributed by atoms with Gasteiger partial charge >= 0.3 is 0 Å². The number of hydrogen-bond donors (Lipinski definition) is 2. The minimum Gasteiger partial charge on any atom is -0.390 e. The lowest BCUT2D eigenvalue weighted by molar-refractivity contribution is 0.0950. The van der Waals surface area contributed by atoms with Crippen molar-refractivity contribution in [3.63, 3.8) is 0 Å². The summed E-state index contributed by atoms with van der Waals surface area (Å²) in [5.74, 6) is 0.803. The van der Waals surface area contributed by atoms with E-state index in [0.29, 0.717) is 25.4 Å². The number of rotatable bonds is 8. The zero-order valence-electron chi connectivity index (χ0n) is 17.9. The molecular weight excluding hydrogens is 372 g/mol. The lowest BCUT2D eigenvalue weighted by Gasteiger charge is -2.30. The number of ketones is 1. The highest BCUT2D eigenvalue weighted by Gasteiger charge is 2.19. The maximum absolute atomic E-state index is 12.7. The molecule has 30 heavy (non-hydrogen) atoms. The van der Waals surface area contributed by atoms with E-state index < -0.39 is 6.10 Å². The van der Waals surface area contributed by atoms with Crippen LogP contribution in [0.2, 0.25) is 0 Å². The van der Waals surface area contributed by atoms with E-state index in [1.165, 1.54) is 43.2 Å². The average molecular weight is 407 g/mol. The lowest BCUT2D eigenvalue weighted by atomic mass is 9.85. The van der Waals surface area contributed by atoms with Gasteiger partial charge in [-0.15, -0.1) is 0 Å². The number of hydrogen-bond acceptors (Lipinski definition) is 4. The number of carbonyl (C=O) groups is 1. The van der Waals surface area contributed by atoms with E-state index in [1.807, 2.05) is 24.3 Å². The van der Waals surface area contributed by atoms with E-state index in [1.54, 1.807) is 0 Å². The summed E-state index contributed by atoms with van der Waals surface area (Å²) in [5.41, 5.74) is 4.49. The van der Waals surface area contributed by atoms with Gasteiger partial charge in [0.25, 0.3) is 0 Å². The third-order valence-corrected chi connectivity index (χ3v) is 6.60. The van der Waals surface area contributed by atoms with E-state index in [0.717, 1.165) is 30.8 Å². The number of nitrogens with one attached hydrogen (secondary N) is 1. The second kappa shape index (κ2) is 10.2. The van der Waals surface area contributed by atoms with Crippen molar-refractivity contribution in [2.24, 2.45) is 5.92 Å². The van der Waals surface area contributed by atoms with Gasteiger partial charge in [0.2, 0.25) is 0 Å². The van der Waals surface area contributed by atoms with Crippen molar-refractivity contribution < 1.29 is 9.90 Å². The van der Waals surface area contributed by atoms with Crippen molar-refractivity contribution in [3.05, 3.63) is 65.2 Å². The van der Waals surface area contributed by atoms with Crippen molar-refractivity contribution in [2.45, 2.75) is 57.6 Å². The Bertz CT molecular complexity index is 844. The number of carbonyl (C=O) groups excluding carboxylic acids is 1. The van der Waals surface area contributed by atoms with Crippen LogP contribution < -0.4 is 5.32 Å². The second-order valence-corrected chi connectivity index (χ2v) is 9.00. The van der Waals surface area contributed by atoms with Crippen LogP contribution in [0.4, 0.5) is 5.69 Å². The van der Waals surface area contributed by atoms with Gasteiger partial charge in [-0.2, -0.15) is 0 Å². The number of β-amino-alcohol motifs (C(OH)–C–C–N with tert-alkyl or cyclic N) is 1. The molecule has 1 saturated carbocycles. The van der Waals surface area contributed by atoms with Gasteiger partial charge in [0.1, 0.15) is 0 Å². The zero-order chi connectivity index (χ0) is 20.8. The fourth-order valence-corrected chi connectivity index (χ4v) is 4.88. The van der Waals surface area contributed by atoms with E-state index in [2.05, 4.69) is 34.5 Å². The Morgan fingerprint density at radius 2 is 1.87 bits per heavy atom. The number of nitrogens with zero attached hydrogens (tertiary/aromatic N) is 1. The predicted molar refractivity (Wildman–Crippen MR) is 122 cm³/mol. The molecule has 1 heterocycles. The molecule has 2 aromatic rings. The molecule has 160 valence electrons. The smallest absolute Gasteiger partial charge is 0.163 e. The molecule has 0 saturated heterocycles. The first-order valence-electron chi connectivity index (χ1n) is 11.5. The molecule has 1 aliphatic heterocycles. The number of benzene rings is 2.